The zero-order valence-corrected chi connectivity index (χ0v) is 17.9. The molecule has 2 aromatic heterocycles. The highest BCUT2D eigenvalue weighted by atomic mass is 32.2. The van der Waals surface area contributed by atoms with Gasteiger partial charge in [0.15, 0.2) is 5.13 Å². The molecule has 0 radical (unpaired) electrons. The lowest BCUT2D eigenvalue weighted by molar-refractivity contribution is -0.115. The molecular weight excluding hydrogens is 420 g/mol. The van der Waals surface area contributed by atoms with E-state index < -0.39 is 5.25 Å². The van der Waals surface area contributed by atoms with Crippen LogP contribution in [0.15, 0.2) is 65.1 Å². The second-order valence-corrected chi connectivity index (χ2v) is 8.36. The Balaban J connectivity index is 1.45. The molecule has 0 spiro atoms. The zero-order chi connectivity index (χ0) is 20.9. The van der Waals surface area contributed by atoms with E-state index in [1.165, 1.54) is 23.1 Å². The molecule has 2 aromatic carbocycles. The van der Waals surface area contributed by atoms with Crippen LogP contribution in [0, 0.1) is 0 Å². The van der Waals surface area contributed by atoms with Gasteiger partial charge >= 0.3 is 0 Å². The molecule has 0 saturated carbocycles. The van der Waals surface area contributed by atoms with Crippen molar-refractivity contribution >= 4 is 34.1 Å². The number of carbonyl (C=O) groups is 1. The first-order valence-corrected chi connectivity index (χ1v) is 10.8. The summed E-state index contributed by atoms with van der Waals surface area (Å²) in [6.07, 6.45) is 0. The fraction of sp³-hybridized carbons (Fsp3) is 0.150. The van der Waals surface area contributed by atoms with Gasteiger partial charge in [0.25, 0.3) is 0 Å². The molecule has 0 aliphatic heterocycles. The maximum absolute atomic E-state index is 12.7. The number of carbonyl (C=O) groups excluding carboxylic acids is 1. The standard InChI is InChI=1S/C20H18N6O2S2/c1-13(18(27)22-19-21-15(12-29-19)14-8-4-3-5-9-14)30-20-23-24-25-26(20)16-10-6-7-11-17(16)28-2/h3-13H,1-2H3,(H,21,22,27). The van der Waals surface area contributed by atoms with Crippen molar-refractivity contribution in [3.8, 4) is 22.7 Å². The number of tetrazole rings is 1. The molecule has 0 saturated heterocycles. The van der Waals surface area contributed by atoms with Gasteiger partial charge in [-0.1, -0.05) is 54.2 Å². The number of methoxy groups -OCH3 is 1. The fourth-order valence-corrected chi connectivity index (χ4v) is 4.22. The van der Waals surface area contributed by atoms with Crippen LogP contribution in [0.5, 0.6) is 5.75 Å². The number of thiazole rings is 1. The second-order valence-electron chi connectivity index (χ2n) is 6.20. The lowest BCUT2D eigenvalue weighted by atomic mass is 10.2. The monoisotopic (exact) mass is 438 g/mol. The van der Waals surface area contributed by atoms with E-state index in [0.717, 1.165) is 11.3 Å². The number of hydrogen-bond donors (Lipinski definition) is 1. The number of benzene rings is 2. The molecule has 30 heavy (non-hydrogen) atoms. The summed E-state index contributed by atoms with van der Waals surface area (Å²) in [5, 5.41) is 17.2. The Labute approximate surface area is 181 Å². The molecule has 0 bridgehead atoms. The van der Waals surface area contributed by atoms with Gasteiger partial charge in [-0.15, -0.1) is 16.4 Å². The van der Waals surface area contributed by atoms with Gasteiger partial charge in [-0.3, -0.25) is 4.79 Å². The van der Waals surface area contributed by atoms with Crippen LogP contribution in [-0.4, -0.2) is 43.5 Å². The fourth-order valence-electron chi connectivity index (χ4n) is 2.70. The summed E-state index contributed by atoms with van der Waals surface area (Å²) >= 11 is 2.65. The van der Waals surface area contributed by atoms with Crippen molar-refractivity contribution < 1.29 is 9.53 Å². The minimum Gasteiger partial charge on any atom is -0.494 e. The highest BCUT2D eigenvalue weighted by Crippen LogP contribution is 2.29. The Bertz CT molecular complexity index is 1140. The number of amides is 1. The molecule has 10 heteroatoms. The molecule has 0 aliphatic rings. The van der Waals surface area contributed by atoms with E-state index >= 15 is 0 Å². The van der Waals surface area contributed by atoms with Crippen LogP contribution < -0.4 is 10.1 Å². The minimum absolute atomic E-state index is 0.177. The molecule has 0 aliphatic carbocycles. The maximum atomic E-state index is 12.7. The molecule has 1 N–H and O–H groups in total. The van der Waals surface area contributed by atoms with Crippen LogP contribution in [-0.2, 0) is 4.79 Å². The van der Waals surface area contributed by atoms with Crippen molar-refractivity contribution in [3.05, 3.63) is 60.0 Å². The molecule has 1 amide bonds. The number of hydrogen-bond acceptors (Lipinski definition) is 8. The molecule has 0 fully saturated rings. The summed E-state index contributed by atoms with van der Waals surface area (Å²) in [6, 6.07) is 17.3. The van der Waals surface area contributed by atoms with Crippen molar-refractivity contribution in [1.29, 1.82) is 0 Å². The number of rotatable bonds is 7. The van der Waals surface area contributed by atoms with Crippen LogP contribution in [0.2, 0.25) is 0 Å². The van der Waals surface area contributed by atoms with Gasteiger partial charge < -0.3 is 10.1 Å². The quantitative estimate of drug-likeness (QED) is 0.437. The van der Waals surface area contributed by atoms with Gasteiger partial charge in [0.2, 0.25) is 11.1 Å². The number of nitrogens with zero attached hydrogens (tertiary/aromatic N) is 5. The van der Waals surface area contributed by atoms with Crippen LogP contribution in [0.3, 0.4) is 0 Å². The molecule has 152 valence electrons. The third-order valence-corrected chi connectivity index (χ3v) is 6.00. The van der Waals surface area contributed by atoms with Crippen molar-refractivity contribution in [2.75, 3.05) is 12.4 Å². The van der Waals surface area contributed by atoms with E-state index in [4.69, 9.17) is 4.74 Å². The first kappa shape index (κ1) is 20.0. The lowest BCUT2D eigenvalue weighted by Gasteiger charge is -2.12. The lowest BCUT2D eigenvalue weighted by Crippen LogP contribution is -2.22. The van der Waals surface area contributed by atoms with Crippen LogP contribution in [0.25, 0.3) is 16.9 Å². The van der Waals surface area contributed by atoms with Gasteiger partial charge in [0.1, 0.15) is 11.4 Å². The summed E-state index contributed by atoms with van der Waals surface area (Å²) in [6.45, 7) is 1.80. The number of aromatic nitrogens is 5. The molecule has 4 rings (SSSR count). The summed E-state index contributed by atoms with van der Waals surface area (Å²) in [4.78, 5) is 17.2. The summed E-state index contributed by atoms with van der Waals surface area (Å²) in [5.74, 6) is 0.462. The van der Waals surface area contributed by atoms with E-state index in [1.54, 1.807) is 18.7 Å². The van der Waals surface area contributed by atoms with E-state index in [-0.39, 0.29) is 5.91 Å². The van der Waals surface area contributed by atoms with E-state index in [0.29, 0.717) is 21.7 Å². The predicted molar refractivity (Wildman–Crippen MR) is 117 cm³/mol. The normalized spacial score (nSPS) is 11.8. The van der Waals surface area contributed by atoms with E-state index in [2.05, 4.69) is 25.8 Å². The number of para-hydroxylation sites is 2. The first-order chi connectivity index (χ1) is 14.7. The highest BCUT2D eigenvalue weighted by Gasteiger charge is 2.21. The van der Waals surface area contributed by atoms with Gasteiger partial charge in [0.05, 0.1) is 18.1 Å². The predicted octanol–water partition coefficient (Wildman–Crippen LogP) is 3.91. The van der Waals surface area contributed by atoms with Crippen molar-refractivity contribution in [2.24, 2.45) is 0 Å². The van der Waals surface area contributed by atoms with Crippen LogP contribution in [0.4, 0.5) is 5.13 Å². The highest BCUT2D eigenvalue weighted by molar-refractivity contribution is 8.00. The topological polar surface area (TPSA) is 94.8 Å². The number of anilines is 1. The molecule has 2 heterocycles. The van der Waals surface area contributed by atoms with Crippen molar-refractivity contribution in [2.45, 2.75) is 17.3 Å². The average Bonchev–Trinajstić information content (AvgIpc) is 3.44. The third-order valence-electron chi connectivity index (χ3n) is 4.21. The molecule has 4 aromatic rings. The van der Waals surface area contributed by atoms with E-state index in [1.807, 2.05) is 60.0 Å². The maximum Gasteiger partial charge on any atom is 0.239 e. The van der Waals surface area contributed by atoms with Crippen LogP contribution in [0.1, 0.15) is 6.92 Å². The molecule has 1 atom stereocenters. The van der Waals surface area contributed by atoms with E-state index in [9.17, 15) is 4.79 Å². The first-order valence-electron chi connectivity index (χ1n) is 9.06. The molecular formula is C20H18N6O2S2. The van der Waals surface area contributed by atoms with Crippen LogP contribution >= 0.6 is 23.1 Å². The summed E-state index contributed by atoms with van der Waals surface area (Å²) < 4.78 is 6.94. The number of ether oxygens (including phenoxy) is 1. The SMILES string of the molecule is COc1ccccc1-n1nnnc1SC(C)C(=O)Nc1nc(-c2ccccc2)cs1. The molecule has 8 nitrogen and oxygen atoms in total. The van der Waals surface area contributed by atoms with Gasteiger partial charge in [-0.05, 0) is 29.5 Å². The van der Waals surface area contributed by atoms with Crippen molar-refractivity contribution in [3.63, 3.8) is 0 Å². The number of thioether (sulfide) groups is 1. The third kappa shape index (κ3) is 4.34. The minimum atomic E-state index is -0.437. The number of nitrogens with one attached hydrogen (secondary N) is 1. The largest absolute Gasteiger partial charge is 0.494 e. The average molecular weight is 439 g/mol. The molecule has 1 unspecified atom stereocenters. The Morgan fingerprint density at radius 2 is 1.93 bits per heavy atom. The summed E-state index contributed by atoms with van der Waals surface area (Å²) in [7, 11) is 1.59. The van der Waals surface area contributed by atoms with Gasteiger partial charge in [-0.25, -0.2) is 4.98 Å². The zero-order valence-electron chi connectivity index (χ0n) is 16.2. The van der Waals surface area contributed by atoms with Crippen molar-refractivity contribution in [1.82, 2.24) is 25.2 Å². The van der Waals surface area contributed by atoms with Gasteiger partial charge in [-0.2, -0.15) is 4.68 Å². The Kier molecular flexibility index (Phi) is 6.05. The van der Waals surface area contributed by atoms with Gasteiger partial charge in [0, 0.05) is 10.9 Å². The Morgan fingerprint density at radius 1 is 1.17 bits per heavy atom. The second kappa shape index (κ2) is 9.06. The Morgan fingerprint density at radius 3 is 2.73 bits per heavy atom. The summed E-state index contributed by atoms with van der Waals surface area (Å²) in [5.41, 5.74) is 2.54. The Hall–Kier alpha value is -3.24. The smallest absolute Gasteiger partial charge is 0.239 e.